The third kappa shape index (κ3) is 1.77. The van der Waals surface area contributed by atoms with Gasteiger partial charge in [-0.1, -0.05) is 0 Å². The minimum Gasteiger partial charge on any atom is -0.504 e. The Morgan fingerprint density at radius 1 is 1.08 bits per heavy atom. The summed E-state index contributed by atoms with van der Waals surface area (Å²) in [6.07, 6.45) is -4.50. The number of halogens is 3. The van der Waals surface area contributed by atoms with Gasteiger partial charge in [-0.15, -0.1) is 0 Å². The SMILES string of the molecule is Nc1cc(C(F)(F)F)cc(N)c1O. The van der Waals surface area contributed by atoms with E-state index in [1.54, 1.807) is 0 Å². The zero-order valence-corrected chi connectivity index (χ0v) is 6.39. The van der Waals surface area contributed by atoms with E-state index in [2.05, 4.69) is 0 Å². The Morgan fingerprint density at radius 3 is 1.77 bits per heavy atom. The normalized spacial score (nSPS) is 11.6. The summed E-state index contributed by atoms with van der Waals surface area (Å²) in [6.45, 7) is 0. The molecule has 0 radical (unpaired) electrons. The summed E-state index contributed by atoms with van der Waals surface area (Å²) in [5.74, 6) is -0.520. The van der Waals surface area contributed by atoms with Gasteiger partial charge in [-0.05, 0) is 12.1 Å². The van der Waals surface area contributed by atoms with Gasteiger partial charge >= 0.3 is 6.18 Å². The Bertz CT molecular complexity index is 312. The summed E-state index contributed by atoms with van der Waals surface area (Å²) in [5.41, 5.74) is 8.44. The van der Waals surface area contributed by atoms with Crippen molar-refractivity contribution in [1.82, 2.24) is 0 Å². The molecule has 6 heteroatoms. The predicted molar refractivity (Wildman–Crippen MR) is 41.9 cm³/mol. The smallest absolute Gasteiger partial charge is 0.416 e. The van der Waals surface area contributed by atoms with Gasteiger partial charge in [-0.3, -0.25) is 0 Å². The van der Waals surface area contributed by atoms with Gasteiger partial charge < -0.3 is 16.6 Å². The number of rotatable bonds is 0. The molecule has 0 aliphatic carbocycles. The number of benzene rings is 1. The zero-order chi connectivity index (χ0) is 10.2. The highest BCUT2D eigenvalue weighted by atomic mass is 19.4. The molecule has 0 bridgehead atoms. The lowest BCUT2D eigenvalue weighted by molar-refractivity contribution is -0.137. The second-order valence-corrected chi connectivity index (χ2v) is 2.50. The highest BCUT2D eigenvalue weighted by Crippen LogP contribution is 2.36. The molecule has 1 aromatic carbocycles. The number of phenolic OH excluding ortho intramolecular Hbond substituents is 1. The van der Waals surface area contributed by atoms with E-state index in [-0.39, 0.29) is 11.4 Å². The lowest BCUT2D eigenvalue weighted by atomic mass is 10.1. The van der Waals surface area contributed by atoms with E-state index >= 15 is 0 Å². The predicted octanol–water partition coefficient (Wildman–Crippen LogP) is 1.58. The maximum atomic E-state index is 12.1. The summed E-state index contributed by atoms with van der Waals surface area (Å²) in [4.78, 5) is 0. The third-order valence-electron chi connectivity index (χ3n) is 1.50. The molecule has 1 aromatic rings. The van der Waals surface area contributed by atoms with E-state index in [0.717, 1.165) is 0 Å². The fourth-order valence-corrected chi connectivity index (χ4v) is 0.844. The molecule has 0 aliphatic heterocycles. The summed E-state index contributed by atoms with van der Waals surface area (Å²) in [6, 6.07) is 1.26. The molecule has 0 saturated carbocycles. The maximum absolute atomic E-state index is 12.1. The number of hydrogen-bond donors (Lipinski definition) is 3. The molecular weight excluding hydrogens is 185 g/mol. The van der Waals surface area contributed by atoms with Crippen LogP contribution in [0.4, 0.5) is 24.5 Å². The first-order valence-corrected chi connectivity index (χ1v) is 3.27. The van der Waals surface area contributed by atoms with Gasteiger partial charge in [-0.25, -0.2) is 0 Å². The standard InChI is InChI=1S/C7H7F3N2O/c8-7(9,10)3-1-4(11)6(13)5(12)2-3/h1-2,13H,11-12H2. The first-order valence-electron chi connectivity index (χ1n) is 3.27. The number of alkyl halides is 3. The van der Waals surface area contributed by atoms with Crippen molar-refractivity contribution in [1.29, 1.82) is 0 Å². The second kappa shape index (κ2) is 2.72. The van der Waals surface area contributed by atoms with E-state index < -0.39 is 17.5 Å². The number of anilines is 2. The van der Waals surface area contributed by atoms with Gasteiger partial charge in [0.1, 0.15) is 0 Å². The van der Waals surface area contributed by atoms with Crippen LogP contribution in [0.2, 0.25) is 0 Å². The van der Waals surface area contributed by atoms with Gasteiger partial charge in [0.2, 0.25) is 0 Å². The molecule has 72 valence electrons. The number of nitrogens with two attached hydrogens (primary N) is 2. The number of aromatic hydroxyl groups is 1. The van der Waals surface area contributed by atoms with E-state index in [9.17, 15) is 13.2 Å². The number of hydrogen-bond acceptors (Lipinski definition) is 3. The highest BCUT2D eigenvalue weighted by Gasteiger charge is 2.31. The average Bonchev–Trinajstić information content (AvgIpc) is 1.97. The monoisotopic (exact) mass is 192 g/mol. The van der Waals surface area contributed by atoms with Crippen LogP contribution in [0.15, 0.2) is 12.1 Å². The first kappa shape index (κ1) is 9.50. The van der Waals surface area contributed by atoms with Crippen molar-refractivity contribution in [2.75, 3.05) is 11.5 Å². The molecule has 0 aromatic heterocycles. The molecule has 0 atom stereocenters. The van der Waals surface area contributed by atoms with E-state index in [1.165, 1.54) is 0 Å². The van der Waals surface area contributed by atoms with Crippen molar-refractivity contribution in [2.24, 2.45) is 0 Å². The van der Waals surface area contributed by atoms with Crippen molar-refractivity contribution >= 4 is 11.4 Å². The topological polar surface area (TPSA) is 72.3 Å². The lowest BCUT2D eigenvalue weighted by Gasteiger charge is -2.09. The van der Waals surface area contributed by atoms with Gasteiger partial charge in [0, 0.05) is 0 Å². The van der Waals surface area contributed by atoms with Crippen LogP contribution in [0, 0.1) is 0 Å². The van der Waals surface area contributed by atoms with E-state index in [1.807, 2.05) is 0 Å². The van der Waals surface area contributed by atoms with Crippen LogP contribution in [0.3, 0.4) is 0 Å². The minimum atomic E-state index is -4.50. The zero-order valence-electron chi connectivity index (χ0n) is 6.39. The molecule has 5 N–H and O–H groups in total. The molecule has 0 unspecified atom stereocenters. The number of phenols is 1. The quantitative estimate of drug-likeness (QED) is 0.431. The van der Waals surface area contributed by atoms with Crippen LogP contribution in [-0.2, 0) is 6.18 Å². The van der Waals surface area contributed by atoms with Crippen LogP contribution in [-0.4, -0.2) is 5.11 Å². The summed E-state index contributed by atoms with van der Waals surface area (Å²) < 4.78 is 36.3. The third-order valence-corrected chi connectivity index (χ3v) is 1.50. The Morgan fingerprint density at radius 2 is 1.46 bits per heavy atom. The maximum Gasteiger partial charge on any atom is 0.416 e. The molecule has 0 heterocycles. The summed E-state index contributed by atoms with van der Waals surface area (Å²) >= 11 is 0. The first-order chi connectivity index (χ1) is 5.82. The van der Waals surface area contributed by atoms with Crippen molar-refractivity contribution in [3.8, 4) is 5.75 Å². The van der Waals surface area contributed by atoms with Crippen molar-refractivity contribution in [3.05, 3.63) is 17.7 Å². The molecule has 1 rings (SSSR count). The summed E-state index contributed by atoms with van der Waals surface area (Å²) in [7, 11) is 0. The average molecular weight is 192 g/mol. The summed E-state index contributed by atoms with van der Waals surface area (Å²) in [5, 5.41) is 8.98. The van der Waals surface area contributed by atoms with Crippen LogP contribution in [0.5, 0.6) is 5.75 Å². The molecule has 0 spiro atoms. The van der Waals surface area contributed by atoms with Crippen LogP contribution >= 0.6 is 0 Å². The minimum absolute atomic E-state index is 0.382. The Hall–Kier alpha value is -1.59. The van der Waals surface area contributed by atoms with Crippen LogP contribution < -0.4 is 11.5 Å². The second-order valence-electron chi connectivity index (χ2n) is 2.50. The lowest BCUT2D eigenvalue weighted by Crippen LogP contribution is -2.06. The highest BCUT2D eigenvalue weighted by molar-refractivity contribution is 5.68. The Balaban J connectivity index is 3.29. The Labute approximate surface area is 71.8 Å². The van der Waals surface area contributed by atoms with E-state index in [0.29, 0.717) is 12.1 Å². The fourth-order valence-electron chi connectivity index (χ4n) is 0.844. The molecule has 0 fully saturated rings. The van der Waals surface area contributed by atoms with E-state index in [4.69, 9.17) is 16.6 Å². The van der Waals surface area contributed by atoms with Gasteiger partial charge in [0.05, 0.1) is 16.9 Å². The number of nitrogen functional groups attached to an aromatic ring is 2. The van der Waals surface area contributed by atoms with Gasteiger partial charge in [-0.2, -0.15) is 13.2 Å². The molecule has 13 heavy (non-hydrogen) atoms. The molecule has 0 aliphatic rings. The molecular formula is C7H7F3N2O. The van der Waals surface area contributed by atoms with Gasteiger partial charge in [0.25, 0.3) is 0 Å². The van der Waals surface area contributed by atoms with Gasteiger partial charge in [0.15, 0.2) is 5.75 Å². The van der Waals surface area contributed by atoms with Crippen molar-refractivity contribution < 1.29 is 18.3 Å². The largest absolute Gasteiger partial charge is 0.504 e. The Kier molecular flexibility index (Phi) is 1.99. The van der Waals surface area contributed by atoms with Crippen LogP contribution in [0.25, 0.3) is 0 Å². The molecule has 3 nitrogen and oxygen atoms in total. The van der Waals surface area contributed by atoms with Crippen molar-refractivity contribution in [3.63, 3.8) is 0 Å². The molecule has 0 amide bonds. The van der Waals surface area contributed by atoms with Crippen molar-refractivity contribution in [2.45, 2.75) is 6.18 Å². The van der Waals surface area contributed by atoms with Crippen LogP contribution in [0.1, 0.15) is 5.56 Å². The fraction of sp³-hybridized carbons (Fsp3) is 0.143. The molecule has 0 saturated heterocycles.